The highest BCUT2D eigenvalue weighted by Gasteiger charge is 2.12. The van der Waals surface area contributed by atoms with Crippen LogP contribution in [0.2, 0.25) is 0 Å². The molecule has 0 aliphatic rings. The third-order valence-corrected chi connectivity index (χ3v) is 2.91. The number of halogens is 1. The van der Waals surface area contributed by atoms with Gasteiger partial charge in [0.05, 0.1) is 6.61 Å². The van der Waals surface area contributed by atoms with Gasteiger partial charge in [0.2, 0.25) is 0 Å². The number of ether oxygens (including phenoxy) is 1. The second-order valence-corrected chi connectivity index (χ2v) is 4.38. The molecule has 0 aromatic heterocycles. The van der Waals surface area contributed by atoms with Gasteiger partial charge in [-0.25, -0.2) is 4.39 Å². The summed E-state index contributed by atoms with van der Waals surface area (Å²) in [4.78, 5) is 2.01. The number of thiocarbonyl (C=S) groups is 1. The summed E-state index contributed by atoms with van der Waals surface area (Å²) in [6.45, 7) is 2.58. The van der Waals surface area contributed by atoms with E-state index in [2.05, 4.69) is 0 Å². The van der Waals surface area contributed by atoms with Gasteiger partial charge in [0.1, 0.15) is 10.8 Å². The molecule has 0 aliphatic heterocycles. The normalized spacial score (nSPS) is 12.2. The minimum atomic E-state index is -0.397. The molecule has 0 aliphatic carbocycles. The third kappa shape index (κ3) is 3.38. The van der Waals surface area contributed by atoms with Crippen molar-refractivity contribution in [1.82, 2.24) is 0 Å². The van der Waals surface area contributed by atoms with E-state index in [9.17, 15) is 4.39 Å². The quantitative estimate of drug-likeness (QED) is 0.817. The van der Waals surface area contributed by atoms with Crippen molar-refractivity contribution in [2.45, 2.75) is 13.0 Å². The Kier molecular flexibility index (Phi) is 4.84. The Labute approximate surface area is 106 Å². The summed E-state index contributed by atoms with van der Waals surface area (Å²) in [5, 5.41) is 0. The van der Waals surface area contributed by atoms with E-state index in [0.717, 1.165) is 5.69 Å². The maximum absolute atomic E-state index is 13.7. The smallest absolute Gasteiger partial charge is 0.135 e. The molecule has 0 spiro atoms. The lowest BCUT2D eigenvalue weighted by molar-refractivity contribution is 0.183. The topological polar surface area (TPSA) is 38.5 Å². The maximum atomic E-state index is 13.7. The molecule has 1 aromatic rings. The molecule has 0 radical (unpaired) electrons. The Hall–Kier alpha value is -1.20. The molecule has 94 valence electrons. The Morgan fingerprint density at radius 2 is 2.24 bits per heavy atom. The highest BCUT2D eigenvalue weighted by molar-refractivity contribution is 7.80. The third-order valence-electron chi connectivity index (χ3n) is 2.69. The van der Waals surface area contributed by atoms with E-state index >= 15 is 0 Å². The zero-order valence-electron chi connectivity index (χ0n) is 10.2. The monoisotopic (exact) mass is 256 g/mol. The van der Waals surface area contributed by atoms with Crippen LogP contribution >= 0.6 is 12.2 Å². The first-order chi connectivity index (χ1) is 7.97. The molecule has 1 atom stereocenters. The molecule has 0 saturated heterocycles. The zero-order valence-corrected chi connectivity index (χ0v) is 11.1. The summed E-state index contributed by atoms with van der Waals surface area (Å²) in [5.74, 6) is -0.397. The van der Waals surface area contributed by atoms with Crippen molar-refractivity contribution >= 4 is 22.9 Å². The number of benzene rings is 1. The van der Waals surface area contributed by atoms with Gasteiger partial charge in [0, 0.05) is 31.5 Å². The number of likely N-dealkylation sites (N-methyl/N-ethyl adjacent to an activating group) is 1. The van der Waals surface area contributed by atoms with Gasteiger partial charge in [-0.2, -0.15) is 0 Å². The lowest BCUT2D eigenvalue weighted by atomic mass is 10.1. The molecular formula is C12H17FN2OS. The largest absolute Gasteiger partial charge is 0.389 e. The number of nitrogens with two attached hydrogens (primary N) is 1. The van der Waals surface area contributed by atoms with Crippen molar-refractivity contribution in [3.63, 3.8) is 0 Å². The van der Waals surface area contributed by atoms with Gasteiger partial charge in [0.15, 0.2) is 0 Å². The van der Waals surface area contributed by atoms with Crippen molar-refractivity contribution in [1.29, 1.82) is 0 Å². The van der Waals surface area contributed by atoms with Crippen LogP contribution in [-0.4, -0.2) is 31.8 Å². The van der Waals surface area contributed by atoms with Crippen LogP contribution in [0.4, 0.5) is 10.1 Å². The number of anilines is 1. The molecular weight excluding hydrogens is 239 g/mol. The first-order valence-corrected chi connectivity index (χ1v) is 5.69. The fraction of sp³-hybridized carbons (Fsp3) is 0.417. The molecule has 1 aromatic carbocycles. The summed E-state index contributed by atoms with van der Waals surface area (Å²) in [5.41, 5.74) is 6.45. The molecule has 17 heavy (non-hydrogen) atoms. The first-order valence-electron chi connectivity index (χ1n) is 5.28. The Bertz CT molecular complexity index is 411. The van der Waals surface area contributed by atoms with Crippen molar-refractivity contribution in [2.24, 2.45) is 5.73 Å². The highest BCUT2D eigenvalue weighted by atomic mass is 32.1. The van der Waals surface area contributed by atoms with Crippen molar-refractivity contribution < 1.29 is 9.13 Å². The van der Waals surface area contributed by atoms with Gasteiger partial charge in [-0.15, -0.1) is 0 Å². The Morgan fingerprint density at radius 1 is 1.59 bits per heavy atom. The minimum Gasteiger partial charge on any atom is -0.389 e. The highest BCUT2D eigenvalue weighted by Crippen LogP contribution is 2.19. The number of hydrogen-bond acceptors (Lipinski definition) is 3. The van der Waals surface area contributed by atoms with Gasteiger partial charge in [-0.05, 0) is 25.1 Å². The summed E-state index contributed by atoms with van der Waals surface area (Å²) < 4.78 is 18.7. The Morgan fingerprint density at radius 3 is 2.71 bits per heavy atom. The van der Waals surface area contributed by atoms with Crippen LogP contribution in [0.1, 0.15) is 12.5 Å². The SMILES string of the molecule is COCC(C)N(C)c1ccc(C(N)=S)c(F)c1. The van der Waals surface area contributed by atoms with Crippen molar-refractivity contribution in [3.05, 3.63) is 29.6 Å². The van der Waals surface area contributed by atoms with Crippen LogP contribution < -0.4 is 10.6 Å². The van der Waals surface area contributed by atoms with Gasteiger partial charge in [-0.3, -0.25) is 0 Å². The fourth-order valence-corrected chi connectivity index (χ4v) is 1.70. The summed E-state index contributed by atoms with van der Waals surface area (Å²) >= 11 is 4.76. The van der Waals surface area contributed by atoms with E-state index in [4.69, 9.17) is 22.7 Å². The average Bonchev–Trinajstić information content (AvgIpc) is 2.27. The molecule has 0 bridgehead atoms. The molecule has 5 heteroatoms. The first kappa shape index (κ1) is 13.9. The zero-order chi connectivity index (χ0) is 13.0. The Balaban J connectivity index is 2.93. The standard InChI is InChI=1S/C12H17FN2OS/c1-8(7-16-3)15(2)9-4-5-10(12(14)17)11(13)6-9/h4-6,8H,7H2,1-3H3,(H2,14,17). The number of hydrogen-bond donors (Lipinski definition) is 1. The maximum Gasteiger partial charge on any atom is 0.135 e. The van der Waals surface area contributed by atoms with Crippen LogP contribution in [0.15, 0.2) is 18.2 Å². The molecule has 0 heterocycles. The molecule has 2 N–H and O–H groups in total. The number of methoxy groups -OCH3 is 1. The minimum absolute atomic E-state index is 0.0710. The van der Waals surface area contributed by atoms with Gasteiger partial charge in [0.25, 0.3) is 0 Å². The predicted octanol–water partition coefficient (Wildman–Crippen LogP) is 1.93. The van der Waals surface area contributed by atoms with Crippen LogP contribution in [0, 0.1) is 5.82 Å². The van der Waals surface area contributed by atoms with Crippen LogP contribution in [0.5, 0.6) is 0 Å². The fourth-order valence-electron chi connectivity index (χ4n) is 1.53. The molecule has 0 fully saturated rings. The van der Waals surface area contributed by atoms with E-state index in [-0.39, 0.29) is 16.6 Å². The van der Waals surface area contributed by atoms with Crippen molar-refractivity contribution in [3.8, 4) is 0 Å². The second kappa shape index (κ2) is 5.93. The van der Waals surface area contributed by atoms with E-state index in [1.54, 1.807) is 19.2 Å². The lowest BCUT2D eigenvalue weighted by Crippen LogP contribution is -2.32. The average molecular weight is 256 g/mol. The van der Waals surface area contributed by atoms with Crippen LogP contribution in [-0.2, 0) is 4.74 Å². The van der Waals surface area contributed by atoms with Gasteiger partial charge >= 0.3 is 0 Å². The molecule has 0 amide bonds. The predicted molar refractivity (Wildman–Crippen MR) is 72.0 cm³/mol. The summed E-state index contributed by atoms with van der Waals surface area (Å²) in [7, 11) is 3.53. The summed E-state index contributed by atoms with van der Waals surface area (Å²) in [6.07, 6.45) is 0. The number of rotatable bonds is 5. The number of nitrogens with zero attached hydrogens (tertiary/aromatic N) is 1. The lowest BCUT2D eigenvalue weighted by Gasteiger charge is -2.26. The van der Waals surface area contributed by atoms with E-state index < -0.39 is 5.82 Å². The second-order valence-electron chi connectivity index (χ2n) is 3.94. The van der Waals surface area contributed by atoms with E-state index in [0.29, 0.717) is 6.61 Å². The van der Waals surface area contributed by atoms with Crippen molar-refractivity contribution in [2.75, 3.05) is 25.7 Å². The molecule has 3 nitrogen and oxygen atoms in total. The molecule has 1 unspecified atom stereocenters. The van der Waals surface area contributed by atoms with E-state index in [1.807, 2.05) is 18.9 Å². The van der Waals surface area contributed by atoms with E-state index in [1.165, 1.54) is 6.07 Å². The van der Waals surface area contributed by atoms with Gasteiger partial charge < -0.3 is 15.4 Å². The van der Waals surface area contributed by atoms with Gasteiger partial charge in [-0.1, -0.05) is 12.2 Å². The van der Waals surface area contributed by atoms with Crippen LogP contribution in [0.3, 0.4) is 0 Å². The summed E-state index contributed by atoms with van der Waals surface area (Å²) in [6, 6.07) is 4.99. The van der Waals surface area contributed by atoms with Crippen LogP contribution in [0.25, 0.3) is 0 Å². The molecule has 0 saturated carbocycles. The molecule has 1 rings (SSSR count).